The van der Waals surface area contributed by atoms with Crippen molar-refractivity contribution in [2.45, 2.75) is 0 Å². The Morgan fingerprint density at radius 1 is 0.964 bits per heavy atom. The molecule has 0 bridgehead atoms. The molecule has 142 valence electrons. The molecule has 0 saturated carbocycles. The van der Waals surface area contributed by atoms with E-state index in [9.17, 15) is 8.42 Å². The van der Waals surface area contributed by atoms with Crippen LogP contribution in [0.25, 0.3) is 21.8 Å². The highest BCUT2D eigenvalue weighted by Crippen LogP contribution is 2.37. The smallest absolute Gasteiger partial charge is 0.229 e. The monoisotopic (exact) mass is 396 g/mol. The van der Waals surface area contributed by atoms with Crippen molar-refractivity contribution in [1.29, 1.82) is 0 Å². The zero-order valence-corrected chi connectivity index (χ0v) is 15.7. The second-order valence-electron chi connectivity index (χ2n) is 6.33. The van der Waals surface area contributed by atoms with Gasteiger partial charge in [-0.05, 0) is 24.3 Å². The van der Waals surface area contributed by atoms with Gasteiger partial charge in [-0.25, -0.2) is 13.4 Å². The molecule has 0 unspecified atom stereocenters. The van der Waals surface area contributed by atoms with Crippen LogP contribution in [0.15, 0.2) is 66.7 Å². The number of anilines is 3. The molecule has 4 rings (SSSR count). The summed E-state index contributed by atoms with van der Waals surface area (Å²) in [6.45, 7) is 0. The van der Waals surface area contributed by atoms with E-state index < -0.39 is 17.1 Å². The Hall–Kier alpha value is -3.32. The van der Waals surface area contributed by atoms with Crippen molar-refractivity contribution < 1.29 is 17.3 Å². The number of hydrogen-bond acceptors (Lipinski definition) is 5. The molecular weight excluding hydrogens is 374 g/mol. The standard InChI is InChI=1S/C21H19N3O3S/c1-27-20-13-14(24-28(2,25)26)11-12-19(20)23-21-15-7-3-5-9-17(15)22-18-10-6-4-8-16(18)21/h3-13,24H,1-2H3,(H,22,23)/i1D3. The number of pyridine rings is 1. The van der Waals surface area contributed by atoms with E-state index in [1.807, 2.05) is 48.5 Å². The zero-order valence-electron chi connectivity index (χ0n) is 17.9. The Balaban J connectivity index is 1.87. The summed E-state index contributed by atoms with van der Waals surface area (Å²) >= 11 is 0. The molecule has 28 heavy (non-hydrogen) atoms. The third-order valence-electron chi connectivity index (χ3n) is 4.24. The Kier molecular flexibility index (Phi) is 3.68. The first kappa shape index (κ1) is 14.7. The molecule has 0 saturated heterocycles. The number of nitrogens with one attached hydrogen (secondary N) is 2. The molecule has 0 atom stereocenters. The first-order valence-electron chi connectivity index (χ1n) is 9.94. The quantitative estimate of drug-likeness (QED) is 0.485. The van der Waals surface area contributed by atoms with Gasteiger partial charge >= 0.3 is 0 Å². The van der Waals surface area contributed by atoms with E-state index in [4.69, 9.17) is 8.85 Å². The predicted molar refractivity (Wildman–Crippen MR) is 114 cm³/mol. The summed E-state index contributed by atoms with van der Waals surface area (Å²) in [7, 11) is -6.26. The van der Waals surface area contributed by atoms with Crippen molar-refractivity contribution >= 4 is 48.9 Å². The SMILES string of the molecule is [2H]C([2H])([2H])Oc1cc(NS(C)(=O)=O)ccc1Nc1c2ccccc2nc2ccccc12. The third kappa shape index (κ3) is 3.57. The summed E-state index contributed by atoms with van der Waals surface area (Å²) in [6, 6.07) is 19.6. The highest BCUT2D eigenvalue weighted by molar-refractivity contribution is 7.92. The summed E-state index contributed by atoms with van der Waals surface area (Å²) in [5, 5.41) is 4.97. The molecule has 0 aliphatic carbocycles. The first-order chi connectivity index (χ1) is 14.6. The summed E-state index contributed by atoms with van der Waals surface area (Å²) < 4.78 is 53.1. The highest BCUT2D eigenvalue weighted by atomic mass is 32.2. The van der Waals surface area contributed by atoms with Gasteiger partial charge in [-0.3, -0.25) is 4.72 Å². The molecule has 3 aromatic carbocycles. The highest BCUT2D eigenvalue weighted by Gasteiger charge is 2.12. The summed E-state index contributed by atoms with van der Waals surface area (Å²) in [5.41, 5.74) is 2.85. The zero-order chi connectivity index (χ0) is 22.2. The minimum absolute atomic E-state index is 0.0152. The number of aromatic nitrogens is 1. The molecule has 1 aromatic heterocycles. The number of para-hydroxylation sites is 2. The van der Waals surface area contributed by atoms with Crippen LogP contribution in [0.1, 0.15) is 4.11 Å². The predicted octanol–water partition coefficient (Wildman–Crippen LogP) is 4.51. The third-order valence-corrected chi connectivity index (χ3v) is 4.85. The van der Waals surface area contributed by atoms with Crippen molar-refractivity contribution in [3.63, 3.8) is 0 Å². The Labute approximate surface area is 167 Å². The number of fused-ring (bicyclic) bond motifs is 2. The normalized spacial score (nSPS) is 13.5. The summed E-state index contributed by atoms with van der Waals surface area (Å²) in [6.07, 6.45) is 1.01. The number of methoxy groups -OCH3 is 1. The van der Waals surface area contributed by atoms with E-state index in [1.54, 1.807) is 6.07 Å². The van der Waals surface area contributed by atoms with Gasteiger partial charge in [0.15, 0.2) is 0 Å². The van der Waals surface area contributed by atoms with E-state index >= 15 is 0 Å². The van der Waals surface area contributed by atoms with Crippen molar-refractivity contribution in [2.24, 2.45) is 0 Å². The van der Waals surface area contributed by atoms with Gasteiger partial charge in [0.2, 0.25) is 10.0 Å². The number of sulfonamides is 1. The Morgan fingerprint density at radius 3 is 2.21 bits per heavy atom. The lowest BCUT2D eigenvalue weighted by Crippen LogP contribution is -2.09. The van der Waals surface area contributed by atoms with Crippen LogP contribution in [-0.2, 0) is 10.0 Å². The molecule has 0 fully saturated rings. The van der Waals surface area contributed by atoms with Crippen molar-refractivity contribution in [1.82, 2.24) is 4.98 Å². The molecule has 0 spiro atoms. The lowest BCUT2D eigenvalue weighted by molar-refractivity contribution is 0.417. The topological polar surface area (TPSA) is 80.3 Å². The largest absolute Gasteiger partial charge is 0.494 e. The van der Waals surface area contributed by atoms with Gasteiger partial charge in [-0.1, -0.05) is 36.4 Å². The summed E-state index contributed by atoms with van der Waals surface area (Å²) in [4.78, 5) is 4.68. The van der Waals surface area contributed by atoms with Crippen LogP contribution < -0.4 is 14.8 Å². The minimum Gasteiger partial charge on any atom is -0.494 e. The molecule has 0 aliphatic heterocycles. The van der Waals surface area contributed by atoms with Crippen LogP contribution in [0.5, 0.6) is 5.75 Å². The van der Waals surface area contributed by atoms with Crippen molar-refractivity contribution in [3.05, 3.63) is 66.7 Å². The van der Waals surface area contributed by atoms with Crippen LogP contribution in [0.3, 0.4) is 0 Å². The molecule has 0 amide bonds. The van der Waals surface area contributed by atoms with Gasteiger partial charge in [-0.15, -0.1) is 0 Å². The maximum absolute atomic E-state index is 11.6. The van der Waals surface area contributed by atoms with Gasteiger partial charge < -0.3 is 10.1 Å². The fourth-order valence-corrected chi connectivity index (χ4v) is 3.65. The van der Waals surface area contributed by atoms with E-state index in [-0.39, 0.29) is 11.4 Å². The van der Waals surface area contributed by atoms with Gasteiger partial charge in [0.05, 0.1) is 45.5 Å². The number of hydrogen-bond donors (Lipinski definition) is 2. The molecule has 6 nitrogen and oxygen atoms in total. The van der Waals surface area contributed by atoms with Gasteiger partial charge in [0, 0.05) is 16.8 Å². The Bertz CT molecular complexity index is 1340. The fourth-order valence-electron chi connectivity index (χ4n) is 3.10. The van der Waals surface area contributed by atoms with E-state index in [0.29, 0.717) is 5.69 Å². The second kappa shape index (κ2) is 7.01. The minimum atomic E-state index is -3.54. The number of benzene rings is 3. The first-order valence-corrected chi connectivity index (χ1v) is 10.3. The molecule has 7 heteroatoms. The van der Waals surface area contributed by atoms with Gasteiger partial charge in [0.25, 0.3) is 0 Å². The average Bonchev–Trinajstić information content (AvgIpc) is 2.67. The van der Waals surface area contributed by atoms with Gasteiger partial charge in [-0.2, -0.15) is 0 Å². The molecule has 0 aliphatic rings. The number of nitrogens with zero attached hydrogens (tertiary/aromatic N) is 1. The lowest BCUT2D eigenvalue weighted by atomic mass is 10.1. The van der Waals surface area contributed by atoms with Crippen LogP contribution >= 0.6 is 0 Å². The van der Waals surface area contributed by atoms with Crippen LogP contribution in [0.2, 0.25) is 0 Å². The molecule has 2 N–H and O–H groups in total. The average molecular weight is 396 g/mol. The maximum atomic E-state index is 11.6. The van der Waals surface area contributed by atoms with E-state index in [1.165, 1.54) is 12.1 Å². The maximum Gasteiger partial charge on any atom is 0.229 e. The fraction of sp³-hybridized carbons (Fsp3) is 0.0952. The van der Waals surface area contributed by atoms with E-state index in [2.05, 4.69) is 15.0 Å². The number of ether oxygens (including phenoxy) is 1. The molecular formula is C21H19N3O3S. The second-order valence-corrected chi connectivity index (χ2v) is 8.08. The van der Waals surface area contributed by atoms with Gasteiger partial charge in [0.1, 0.15) is 5.75 Å². The Morgan fingerprint density at radius 2 is 1.61 bits per heavy atom. The van der Waals surface area contributed by atoms with Crippen molar-refractivity contribution in [2.75, 3.05) is 23.3 Å². The lowest BCUT2D eigenvalue weighted by Gasteiger charge is -2.16. The molecule has 0 radical (unpaired) electrons. The van der Waals surface area contributed by atoms with Crippen LogP contribution in [0, 0.1) is 0 Å². The van der Waals surface area contributed by atoms with Crippen LogP contribution in [0.4, 0.5) is 17.1 Å². The molecule has 4 aromatic rings. The summed E-state index contributed by atoms with van der Waals surface area (Å²) in [5.74, 6) is -0.0152. The van der Waals surface area contributed by atoms with E-state index in [0.717, 1.165) is 33.7 Å². The van der Waals surface area contributed by atoms with Crippen molar-refractivity contribution in [3.8, 4) is 5.75 Å². The molecule has 1 heterocycles. The van der Waals surface area contributed by atoms with Crippen LogP contribution in [-0.4, -0.2) is 26.7 Å². The number of rotatable bonds is 5.